The van der Waals surface area contributed by atoms with Crippen LogP contribution in [-0.2, 0) is 0 Å². The maximum atomic E-state index is 13.0. The van der Waals surface area contributed by atoms with Gasteiger partial charge in [-0.1, -0.05) is 25.7 Å². The number of hydrogen-bond donors (Lipinski definition) is 1. The Hall–Kier alpha value is -1.53. The molecule has 0 radical (unpaired) electrons. The second kappa shape index (κ2) is 6.14. The van der Waals surface area contributed by atoms with E-state index in [1.807, 2.05) is 0 Å². The van der Waals surface area contributed by atoms with Gasteiger partial charge in [0.2, 0.25) is 0 Å². The summed E-state index contributed by atoms with van der Waals surface area (Å²) in [6.07, 6.45) is 0. The number of nitrogens with two attached hydrogens (primary N) is 1. The molecule has 86 valence electrons. The van der Waals surface area contributed by atoms with E-state index < -0.39 is 0 Å². The Morgan fingerprint density at radius 1 is 1.44 bits per heavy atom. The van der Waals surface area contributed by atoms with Gasteiger partial charge in [-0.15, -0.1) is 0 Å². The number of rotatable bonds is 3. The quantitative estimate of drug-likeness (QED) is 0.794. The summed E-state index contributed by atoms with van der Waals surface area (Å²) in [5.74, 6) is 6.19. The van der Waals surface area contributed by atoms with Crippen LogP contribution in [-0.4, -0.2) is 13.2 Å². The van der Waals surface area contributed by atoms with E-state index in [9.17, 15) is 4.39 Å². The molecule has 3 heteroatoms. The van der Waals surface area contributed by atoms with E-state index in [1.54, 1.807) is 6.07 Å². The maximum Gasteiger partial charge on any atom is 0.135 e. The Kier molecular flexibility index (Phi) is 4.81. The van der Waals surface area contributed by atoms with Crippen molar-refractivity contribution < 1.29 is 9.13 Å². The van der Waals surface area contributed by atoms with E-state index in [0.717, 1.165) is 0 Å². The Labute approximate surface area is 95.6 Å². The zero-order chi connectivity index (χ0) is 12.0. The highest BCUT2D eigenvalue weighted by Gasteiger charge is 2.04. The summed E-state index contributed by atoms with van der Waals surface area (Å²) in [4.78, 5) is 0. The maximum absolute atomic E-state index is 13.0. The summed E-state index contributed by atoms with van der Waals surface area (Å²) < 4.78 is 18.6. The average molecular weight is 221 g/mol. The van der Waals surface area contributed by atoms with Crippen molar-refractivity contribution in [3.8, 4) is 17.6 Å². The second-order valence-corrected chi connectivity index (χ2v) is 3.85. The van der Waals surface area contributed by atoms with E-state index in [-0.39, 0.29) is 12.4 Å². The SMILES string of the molecule is CC(C)COc1ccc(F)cc1C#CCN. The largest absolute Gasteiger partial charge is 0.492 e. The zero-order valence-corrected chi connectivity index (χ0v) is 9.59. The van der Waals surface area contributed by atoms with Gasteiger partial charge in [-0.2, -0.15) is 0 Å². The Balaban J connectivity index is 2.89. The van der Waals surface area contributed by atoms with Gasteiger partial charge in [0.05, 0.1) is 18.7 Å². The molecule has 0 atom stereocenters. The molecule has 2 nitrogen and oxygen atoms in total. The zero-order valence-electron chi connectivity index (χ0n) is 9.59. The van der Waals surface area contributed by atoms with Crippen LogP contribution in [0.15, 0.2) is 18.2 Å². The van der Waals surface area contributed by atoms with Crippen LogP contribution in [0.3, 0.4) is 0 Å². The third-order valence-electron chi connectivity index (χ3n) is 1.84. The minimum absolute atomic E-state index is 0.250. The van der Waals surface area contributed by atoms with Gasteiger partial charge in [0.1, 0.15) is 11.6 Å². The molecule has 16 heavy (non-hydrogen) atoms. The van der Waals surface area contributed by atoms with E-state index in [1.165, 1.54) is 12.1 Å². The van der Waals surface area contributed by atoms with Crippen LogP contribution < -0.4 is 10.5 Å². The van der Waals surface area contributed by atoms with E-state index in [4.69, 9.17) is 10.5 Å². The molecule has 1 aromatic carbocycles. The normalized spacial score (nSPS) is 9.81. The van der Waals surface area contributed by atoms with Gasteiger partial charge in [-0.05, 0) is 24.1 Å². The summed E-state index contributed by atoms with van der Waals surface area (Å²) in [5, 5.41) is 0. The summed E-state index contributed by atoms with van der Waals surface area (Å²) >= 11 is 0. The summed E-state index contributed by atoms with van der Waals surface area (Å²) in [6.45, 7) is 4.94. The fourth-order valence-corrected chi connectivity index (χ4v) is 1.13. The standard InChI is InChI=1S/C13H16FNO/c1-10(2)9-16-13-6-5-12(14)8-11(13)4-3-7-15/h5-6,8,10H,7,9,15H2,1-2H3. The molecule has 0 bridgehead atoms. The van der Waals surface area contributed by atoms with Gasteiger partial charge >= 0.3 is 0 Å². The molecule has 0 saturated carbocycles. The van der Waals surface area contributed by atoms with Crippen LogP contribution >= 0.6 is 0 Å². The van der Waals surface area contributed by atoms with Crippen molar-refractivity contribution in [3.05, 3.63) is 29.6 Å². The second-order valence-electron chi connectivity index (χ2n) is 3.85. The molecule has 0 spiro atoms. The first-order chi connectivity index (χ1) is 7.63. The van der Waals surface area contributed by atoms with Gasteiger partial charge in [-0.3, -0.25) is 0 Å². The van der Waals surface area contributed by atoms with Crippen LogP contribution in [0.1, 0.15) is 19.4 Å². The minimum atomic E-state index is -0.321. The number of ether oxygens (including phenoxy) is 1. The molecule has 0 aliphatic heterocycles. The molecule has 0 fully saturated rings. The van der Waals surface area contributed by atoms with Crippen molar-refractivity contribution in [2.75, 3.05) is 13.2 Å². The van der Waals surface area contributed by atoms with Crippen molar-refractivity contribution in [2.24, 2.45) is 11.7 Å². The number of hydrogen-bond acceptors (Lipinski definition) is 2. The van der Waals surface area contributed by atoms with E-state index >= 15 is 0 Å². The number of benzene rings is 1. The van der Waals surface area contributed by atoms with E-state index in [2.05, 4.69) is 25.7 Å². The molecule has 0 aliphatic carbocycles. The number of halogens is 1. The van der Waals surface area contributed by atoms with Crippen LogP contribution in [0.5, 0.6) is 5.75 Å². The van der Waals surface area contributed by atoms with Crippen molar-refractivity contribution in [1.29, 1.82) is 0 Å². The monoisotopic (exact) mass is 221 g/mol. The highest BCUT2D eigenvalue weighted by molar-refractivity contribution is 5.46. The summed E-state index contributed by atoms with van der Waals surface area (Å²) in [5.41, 5.74) is 5.83. The lowest BCUT2D eigenvalue weighted by molar-refractivity contribution is 0.270. The predicted molar refractivity (Wildman–Crippen MR) is 62.7 cm³/mol. The minimum Gasteiger partial charge on any atom is -0.492 e. The predicted octanol–water partition coefficient (Wildman–Crippen LogP) is 2.17. The highest BCUT2D eigenvalue weighted by atomic mass is 19.1. The van der Waals surface area contributed by atoms with E-state index in [0.29, 0.717) is 23.8 Å². The fraction of sp³-hybridized carbons (Fsp3) is 0.385. The first kappa shape index (κ1) is 12.5. The average Bonchev–Trinajstić information content (AvgIpc) is 2.24. The van der Waals surface area contributed by atoms with Crippen LogP contribution in [0.2, 0.25) is 0 Å². The fourth-order valence-electron chi connectivity index (χ4n) is 1.13. The van der Waals surface area contributed by atoms with Gasteiger partial charge in [0.25, 0.3) is 0 Å². The molecule has 0 unspecified atom stereocenters. The molecule has 2 N–H and O–H groups in total. The molecule has 0 aliphatic rings. The lowest BCUT2D eigenvalue weighted by Crippen LogP contribution is -2.05. The van der Waals surface area contributed by atoms with Crippen LogP contribution in [0.25, 0.3) is 0 Å². The molecule has 0 heterocycles. The van der Waals surface area contributed by atoms with Crippen molar-refractivity contribution in [2.45, 2.75) is 13.8 Å². The first-order valence-electron chi connectivity index (χ1n) is 5.24. The lowest BCUT2D eigenvalue weighted by Gasteiger charge is -2.10. The van der Waals surface area contributed by atoms with Crippen molar-refractivity contribution >= 4 is 0 Å². The smallest absolute Gasteiger partial charge is 0.135 e. The molecule has 1 rings (SSSR count). The molecule has 0 saturated heterocycles. The van der Waals surface area contributed by atoms with Gasteiger partial charge in [0, 0.05) is 0 Å². The third-order valence-corrected chi connectivity index (χ3v) is 1.84. The summed E-state index contributed by atoms with van der Waals surface area (Å²) in [7, 11) is 0. The first-order valence-corrected chi connectivity index (χ1v) is 5.24. The van der Waals surface area contributed by atoms with Crippen molar-refractivity contribution in [1.82, 2.24) is 0 Å². The molecule has 1 aromatic rings. The van der Waals surface area contributed by atoms with Crippen LogP contribution in [0.4, 0.5) is 4.39 Å². The Morgan fingerprint density at radius 2 is 2.19 bits per heavy atom. The molecule has 0 amide bonds. The molecular weight excluding hydrogens is 205 g/mol. The third kappa shape index (κ3) is 3.92. The highest BCUT2D eigenvalue weighted by Crippen LogP contribution is 2.19. The summed E-state index contributed by atoms with van der Waals surface area (Å²) in [6, 6.07) is 4.32. The van der Waals surface area contributed by atoms with Gasteiger partial charge in [-0.25, -0.2) is 4.39 Å². The lowest BCUT2D eigenvalue weighted by atomic mass is 10.2. The Bertz CT molecular complexity index is 404. The Morgan fingerprint density at radius 3 is 2.81 bits per heavy atom. The topological polar surface area (TPSA) is 35.2 Å². The van der Waals surface area contributed by atoms with Gasteiger partial charge in [0.15, 0.2) is 0 Å². The van der Waals surface area contributed by atoms with Crippen LogP contribution in [0, 0.1) is 23.6 Å². The molecular formula is C13H16FNO. The van der Waals surface area contributed by atoms with Crippen molar-refractivity contribution in [3.63, 3.8) is 0 Å². The van der Waals surface area contributed by atoms with Gasteiger partial charge < -0.3 is 10.5 Å². The molecule has 0 aromatic heterocycles.